The van der Waals surface area contributed by atoms with Crippen LogP contribution < -0.4 is 0 Å². The molecule has 0 saturated carbocycles. The standard InChI is InChI=1S/6C15H30N4P.2Ce/c6*16-20(17-10-4-1-5-11-17,18-12-6-2-7-13-18)19-14-8-3-9-15-19;;/h6*1-15H2;;/q6*-1;2*+3. The molecule has 0 unspecified atom stereocenters. The Morgan fingerprint density at radius 3 is 0.164 bits per heavy atom. The summed E-state index contributed by atoms with van der Waals surface area (Å²) in [6.45, 7) is 39.9. The van der Waals surface area contributed by atoms with Crippen molar-refractivity contribution >= 4 is 45.0 Å². The Balaban J connectivity index is 0.000000142. The van der Waals surface area contributed by atoms with E-state index in [1.165, 1.54) is 347 Å². The molecular weight excluding hydrogens is 1880 g/mol. The Hall–Kier alpha value is 3.41. The number of hydrogen-bond donors (Lipinski definition) is 0. The molecule has 698 valence electrons. The van der Waals surface area contributed by atoms with Crippen LogP contribution in [0.1, 0.15) is 347 Å². The Labute approximate surface area is 817 Å². The van der Waals surface area contributed by atoms with E-state index in [1.54, 1.807) is 0 Å². The number of rotatable bonds is 18. The minimum Gasteiger partial charge on any atom is -0.770 e. The maximum Gasteiger partial charge on any atom is 3.00 e. The van der Waals surface area contributed by atoms with Crippen molar-refractivity contribution in [1.29, 1.82) is 0 Å². The van der Waals surface area contributed by atoms with Gasteiger partial charge in [0, 0.05) is 236 Å². The molecule has 0 aromatic rings. The first-order valence-corrected chi connectivity index (χ1v) is 61.8. The minimum absolute atomic E-state index is 0. The second-order valence-corrected chi connectivity index (χ2v) is 56.1. The average Bonchev–Trinajstić information content (AvgIpc) is 0.805. The van der Waals surface area contributed by atoms with E-state index in [4.69, 9.17) is 0 Å². The van der Waals surface area contributed by atoms with E-state index in [0.717, 1.165) is 236 Å². The van der Waals surface area contributed by atoms with Crippen LogP contribution in [-0.2, 0) is 0 Å². The first-order valence-electron chi connectivity index (χ1n) is 52.2. The largest absolute Gasteiger partial charge is 3.00 e. The van der Waals surface area contributed by atoms with Crippen LogP contribution in [0.4, 0.5) is 0 Å². The van der Waals surface area contributed by atoms with Crippen LogP contribution in [0.25, 0.3) is 31.0 Å². The van der Waals surface area contributed by atoms with E-state index in [2.05, 4.69) is 84.1 Å². The average molecular weight is 2060 g/mol. The zero-order valence-corrected chi connectivity index (χ0v) is 89.7. The van der Waals surface area contributed by atoms with E-state index in [1.807, 2.05) is 0 Å². The van der Waals surface area contributed by atoms with Crippen LogP contribution >= 0.6 is 45.0 Å². The molecule has 32 heteroatoms. The number of nitrogens with zero attached hydrogens (tertiary/aromatic N) is 24. The summed E-state index contributed by atoms with van der Waals surface area (Å²) < 4.78 is 44.6. The van der Waals surface area contributed by atoms with Gasteiger partial charge in [-0.15, -0.1) is 0 Å². The molecule has 18 rings (SSSR count). The van der Waals surface area contributed by atoms with Gasteiger partial charge in [-0.2, -0.15) is 0 Å². The molecule has 18 saturated heterocycles. The van der Waals surface area contributed by atoms with Crippen molar-refractivity contribution in [2.45, 2.75) is 347 Å². The summed E-state index contributed by atoms with van der Waals surface area (Å²) in [5.74, 6) is 0. The fraction of sp³-hybridized carbons (Fsp3) is 1.00. The van der Waals surface area contributed by atoms with E-state index in [0.29, 0.717) is 0 Å². The Kier molecular flexibility index (Phi) is 48.9. The molecule has 0 atom stereocenters. The maximum absolute atomic E-state index is 11.8. The van der Waals surface area contributed by atoms with Gasteiger partial charge in [0.25, 0.3) is 0 Å². The maximum atomic E-state index is 11.8. The van der Waals surface area contributed by atoms with Gasteiger partial charge in [0.1, 0.15) is 0 Å². The predicted molar refractivity (Wildman–Crippen MR) is 519 cm³/mol. The minimum atomic E-state index is -2.20. The molecule has 24 nitrogen and oxygen atoms in total. The third-order valence-corrected chi connectivity index (χ3v) is 51.7. The van der Waals surface area contributed by atoms with Crippen molar-refractivity contribution in [3.05, 3.63) is 31.0 Å². The van der Waals surface area contributed by atoms with Crippen molar-refractivity contribution in [3.63, 3.8) is 0 Å². The quantitative estimate of drug-likeness (QED) is 0.118. The second-order valence-electron chi connectivity index (χ2n) is 39.5. The normalized spacial score (nSPS) is 28.1. The van der Waals surface area contributed by atoms with Crippen LogP contribution in [0.2, 0.25) is 0 Å². The fourth-order valence-corrected chi connectivity index (χ4v) is 45.0. The summed E-state index contributed by atoms with van der Waals surface area (Å²) >= 11 is 0. The van der Waals surface area contributed by atoms with Gasteiger partial charge < -0.3 is 31.0 Å². The first-order chi connectivity index (χ1) is 58.9. The summed E-state index contributed by atoms with van der Waals surface area (Å²) in [5, 5.41) is 70.6. The van der Waals surface area contributed by atoms with Crippen molar-refractivity contribution < 1.29 is 83.5 Å². The van der Waals surface area contributed by atoms with Gasteiger partial charge in [0.15, 0.2) is 0 Å². The molecule has 18 heterocycles. The molecule has 0 spiro atoms. The third-order valence-electron chi connectivity index (χ3n) is 30.8. The van der Waals surface area contributed by atoms with E-state index in [-0.39, 0.29) is 83.5 Å². The Morgan fingerprint density at radius 2 is 0.123 bits per heavy atom. The van der Waals surface area contributed by atoms with Gasteiger partial charge in [-0.05, 0) is 276 Å². The molecule has 0 bridgehead atoms. The first kappa shape index (κ1) is 106. The van der Waals surface area contributed by atoms with Gasteiger partial charge in [0.05, 0.1) is 0 Å². The third kappa shape index (κ3) is 28.3. The van der Waals surface area contributed by atoms with Gasteiger partial charge in [-0.1, -0.05) is 116 Å². The zero-order valence-electron chi connectivity index (χ0n) is 78.1. The van der Waals surface area contributed by atoms with Gasteiger partial charge in [-0.3, -0.25) is 84.1 Å². The molecule has 0 aromatic carbocycles. The molecule has 0 amide bonds. The summed E-state index contributed by atoms with van der Waals surface area (Å²) in [5.41, 5.74) is 0. The Bertz CT molecular complexity index is 2280. The monoisotopic (exact) mass is 2060 g/mol. The van der Waals surface area contributed by atoms with Crippen LogP contribution in [0.5, 0.6) is 0 Å². The smallest absolute Gasteiger partial charge is 0.770 e. The van der Waals surface area contributed by atoms with Crippen molar-refractivity contribution in [2.75, 3.05) is 236 Å². The molecular formula is C90H180Ce2N24P6. The summed E-state index contributed by atoms with van der Waals surface area (Å²) in [6, 6.07) is 0. The number of piperidine rings is 18. The van der Waals surface area contributed by atoms with E-state index in [9.17, 15) is 31.0 Å². The summed E-state index contributed by atoms with van der Waals surface area (Å²) in [6.07, 6.45) is 69.8. The predicted octanol–water partition coefficient (Wildman–Crippen LogP) is 23.8. The van der Waals surface area contributed by atoms with Gasteiger partial charge in [-0.25, -0.2) is 0 Å². The molecule has 0 N–H and O–H groups in total. The SMILES string of the molecule is [Ce+3].[Ce+3].[N-]=P(N1CCCCC1)(N1CCCCC1)N1CCCCC1.[N-]=P(N1CCCCC1)(N1CCCCC1)N1CCCCC1.[N-]=P(N1CCCCC1)(N1CCCCC1)N1CCCCC1.[N-]=P(N1CCCCC1)(N1CCCCC1)N1CCCCC1.[N-]=P(N1CCCCC1)(N1CCCCC1)N1CCCCC1.[N-]=P(N1CCCCC1)(N1CCCCC1)N1CCCCC1. The molecule has 2 radical (unpaired) electrons. The molecule has 122 heavy (non-hydrogen) atoms. The molecule has 18 fully saturated rings. The second kappa shape index (κ2) is 56.3. The van der Waals surface area contributed by atoms with Gasteiger partial charge in [0.2, 0.25) is 0 Å². The van der Waals surface area contributed by atoms with Crippen LogP contribution in [-0.4, -0.2) is 320 Å². The molecule has 18 aliphatic heterocycles. The topological polar surface area (TPSA) is 192 Å². The summed E-state index contributed by atoms with van der Waals surface area (Å²) in [7, 11) is -13.2. The summed E-state index contributed by atoms with van der Waals surface area (Å²) in [4.78, 5) is 0. The van der Waals surface area contributed by atoms with E-state index >= 15 is 0 Å². The van der Waals surface area contributed by atoms with Crippen LogP contribution in [0.3, 0.4) is 0 Å². The molecule has 0 aliphatic carbocycles. The van der Waals surface area contributed by atoms with Crippen molar-refractivity contribution in [2.24, 2.45) is 0 Å². The fourth-order valence-electron chi connectivity index (χ4n) is 23.8. The molecule has 18 aliphatic rings. The Morgan fingerprint density at radius 1 is 0.0820 bits per heavy atom. The van der Waals surface area contributed by atoms with Gasteiger partial charge >= 0.3 is 83.5 Å². The zero-order chi connectivity index (χ0) is 83.0. The van der Waals surface area contributed by atoms with Crippen LogP contribution in [0, 0.1) is 83.5 Å². The van der Waals surface area contributed by atoms with E-state index < -0.39 is 45.0 Å². The molecule has 0 aromatic heterocycles. The van der Waals surface area contributed by atoms with Crippen LogP contribution in [0.15, 0.2) is 0 Å². The van der Waals surface area contributed by atoms with Crippen molar-refractivity contribution in [1.82, 2.24) is 84.1 Å². The van der Waals surface area contributed by atoms with Crippen molar-refractivity contribution in [3.8, 4) is 0 Å². The number of hydrogen-bond acceptors (Lipinski definition) is 0.